The molecular formula is C18H23NO3. The summed E-state index contributed by atoms with van der Waals surface area (Å²) in [6, 6.07) is 11.4. The van der Waals surface area contributed by atoms with Crippen molar-refractivity contribution in [2.24, 2.45) is 0 Å². The van der Waals surface area contributed by atoms with E-state index >= 15 is 0 Å². The molecule has 2 N–H and O–H groups in total. The third kappa shape index (κ3) is 3.71. The van der Waals surface area contributed by atoms with Gasteiger partial charge in [0, 0.05) is 12.6 Å². The number of hydrogen-bond donors (Lipinski definition) is 2. The van der Waals surface area contributed by atoms with E-state index in [-0.39, 0.29) is 11.8 Å². The lowest BCUT2D eigenvalue weighted by Crippen LogP contribution is -2.19. The second-order valence-corrected chi connectivity index (χ2v) is 5.34. The number of phenolic OH excluding ortho intramolecular Hbond substituents is 1. The summed E-state index contributed by atoms with van der Waals surface area (Å²) in [6.45, 7) is 4.85. The van der Waals surface area contributed by atoms with E-state index in [0.29, 0.717) is 6.54 Å². The number of phenols is 1. The predicted molar refractivity (Wildman–Crippen MR) is 87.6 cm³/mol. The lowest BCUT2D eigenvalue weighted by Gasteiger charge is -2.19. The van der Waals surface area contributed by atoms with Gasteiger partial charge in [-0.1, -0.05) is 12.1 Å². The molecule has 2 aromatic rings. The Morgan fingerprint density at radius 1 is 1.09 bits per heavy atom. The number of aromatic hydroxyl groups is 1. The van der Waals surface area contributed by atoms with Gasteiger partial charge in [0.05, 0.1) is 14.2 Å². The first kappa shape index (κ1) is 16.2. The fourth-order valence-corrected chi connectivity index (χ4v) is 2.51. The van der Waals surface area contributed by atoms with Crippen molar-refractivity contribution >= 4 is 0 Å². The summed E-state index contributed by atoms with van der Waals surface area (Å²) in [5.41, 5.74) is 3.36. The van der Waals surface area contributed by atoms with Crippen LogP contribution in [0.3, 0.4) is 0 Å². The van der Waals surface area contributed by atoms with Gasteiger partial charge >= 0.3 is 0 Å². The van der Waals surface area contributed by atoms with E-state index < -0.39 is 0 Å². The minimum atomic E-state index is 0.155. The molecule has 0 aliphatic heterocycles. The molecule has 22 heavy (non-hydrogen) atoms. The largest absolute Gasteiger partial charge is 0.508 e. The van der Waals surface area contributed by atoms with Gasteiger partial charge in [0.2, 0.25) is 0 Å². The van der Waals surface area contributed by atoms with Crippen LogP contribution >= 0.6 is 0 Å². The number of ether oxygens (including phenoxy) is 2. The van der Waals surface area contributed by atoms with Crippen LogP contribution in [0.1, 0.15) is 29.7 Å². The molecule has 0 fully saturated rings. The fraction of sp³-hybridized carbons (Fsp3) is 0.333. The van der Waals surface area contributed by atoms with E-state index in [1.54, 1.807) is 26.4 Å². The van der Waals surface area contributed by atoms with Gasteiger partial charge in [0.25, 0.3) is 0 Å². The van der Waals surface area contributed by atoms with Crippen molar-refractivity contribution in [3.8, 4) is 17.2 Å². The molecule has 0 heterocycles. The van der Waals surface area contributed by atoms with Crippen LogP contribution in [-0.2, 0) is 6.54 Å². The first-order valence-electron chi connectivity index (χ1n) is 7.29. The molecule has 0 saturated heterocycles. The molecule has 0 aliphatic carbocycles. The van der Waals surface area contributed by atoms with Gasteiger partial charge in [0.15, 0.2) is 11.5 Å². The fourth-order valence-electron chi connectivity index (χ4n) is 2.51. The van der Waals surface area contributed by atoms with E-state index in [0.717, 1.165) is 28.2 Å². The Balaban J connectivity index is 2.13. The minimum absolute atomic E-state index is 0.155. The molecular weight excluding hydrogens is 278 g/mol. The topological polar surface area (TPSA) is 50.7 Å². The summed E-state index contributed by atoms with van der Waals surface area (Å²) in [4.78, 5) is 0. The molecule has 0 saturated carbocycles. The van der Waals surface area contributed by atoms with Gasteiger partial charge in [-0.05, 0) is 54.8 Å². The van der Waals surface area contributed by atoms with Crippen LogP contribution in [0, 0.1) is 6.92 Å². The van der Waals surface area contributed by atoms with Crippen molar-refractivity contribution in [2.45, 2.75) is 26.4 Å². The average molecular weight is 301 g/mol. The zero-order valence-electron chi connectivity index (χ0n) is 13.5. The minimum Gasteiger partial charge on any atom is -0.508 e. The summed E-state index contributed by atoms with van der Waals surface area (Å²) in [5, 5.41) is 13.0. The molecule has 1 unspecified atom stereocenters. The Hall–Kier alpha value is -2.20. The Labute approximate surface area is 131 Å². The third-order valence-corrected chi connectivity index (χ3v) is 3.76. The van der Waals surface area contributed by atoms with Gasteiger partial charge in [0.1, 0.15) is 5.75 Å². The highest BCUT2D eigenvalue weighted by molar-refractivity contribution is 5.48. The number of aryl methyl sites for hydroxylation is 1. The molecule has 4 nitrogen and oxygen atoms in total. The van der Waals surface area contributed by atoms with E-state index in [1.165, 1.54) is 0 Å². The molecule has 0 aliphatic rings. The molecule has 2 aromatic carbocycles. The molecule has 1 atom stereocenters. The SMILES string of the molecule is COc1cc(C)c(C(C)NCc2cccc(O)c2)cc1OC. The quantitative estimate of drug-likeness (QED) is 0.856. The maximum absolute atomic E-state index is 9.51. The zero-order valence-corrected chi connectivity index (χ0v) is 13.5. The van der Waals surface area contributed by atoms with Crippen molar-refractivity contribution in [1.29, 1.82) is 0 Å². The van der Waals surface area contributed by atoms with Gasteiger partial charge in [-0.2, -0.15) is 0 Å². The molecule has 0 bridgehead atoms. The molecule has 4 heteroatoms. The van der Waals surface area contributed by atoms with Crippen LogP contribution in [0.15, 0.2) is 36.4 Å². The van der Waals surface area contributed by atoms with Gasteiger partial charge in [-0.15, -0.1) is 0 Å². The highest BCUT2D eigenvalue weighted by atomic mass is 16.5. The zero-order chi connectivity index (χ0) is 16.1. The first-order chi connectivity index (χ1) is 10.5. The molecule has 0 aromatic heterocycles. The Kier molecular flexibility index (Phi) is 5.28. The normalized spacial score (nSPS) is 12.0. The molecule has 0 amide bonds. The Morgan fingerprint density at radius 3 is 2.41 bits per heavy atom. The second-order valence-electron chi connectivity index (χ2n) is 5.34. The van der Waals surface area contributed by atoms with Crippen molar-refractivity contribution in [3.05, 3.63) is 53.1 Å². The van der Waals surface area contributed by atoms with E-state index in [1.807, 2.05) is 24.3 Å². The second kappa shape index (κ2) is 7.18. The number of nitrogens with one attached hydrogen (secondary N) is 1. The van der Waals surface area contributed by atoms with Crippen molar-refractivity contribution < 1.29 is 14.6 Å². The van der Waals surface area contributed by atoms with E-state index in [2.05, 4.69) is 19.2 Å². The average Bonchev–Trinajstić information content (AvgIpc) is 2.52. The number of benzene rings is 2. The lowest BCUT2D eigenvalue weighted by atomic mass is 10.0. The van der Waals surface area contributed by atoms with Crippen LogP contribution in [0.4, 0.5) is 0 Å². The molecule has 0 spiro atoms. The standard InChI is InChI=1S/C18H23NO3/c1-12-8-17(21-3)18(22-4)10-16(12)13(2)19-11-14-6-5-7-15(20)9-14/h5-10,13,19-20H,11H2,1-4H3. The molecule has 0 radical (unpaired) electrons. The van der Waals surface area contributed by atoms with Gasteiger partial charge in [-0.3, -0.25) is 0 Å². The van der Waals surface area contributed by atoms with E-state index in [4.69, 9.17) is 9.47 Å². The lowest BCUT2D eigenvalue weighted by molar-refractivity contribution is 0.353. The molecule has 118 valence electrons. The Bertz CT molecular complexity index is 640. The maximum Gasteiger partial charge on any atom is 0.161 e. The Morgan fingerprint density at radius 2 is 1.77 bits per heavy atom. The molecule has 2 rings (SSSR count). The van der Waals surface area contributed by atoms with Gasteiger partial charge in [-0.25, -0.2) is 0 Å². The first-order valence-corrected chi connectivity index (χ1v) is 7.29. The van der Waals surface area contributed by atoms with Crippen molar-refractivity contribution in [1.82, 2.24) is 5.32 Å². The van der Waals surface area contributed by atoms with Crippen LogP contribution in [0.25, 0.3) is 0 Å². The third-order valence-electron chi connectivity index (χ3n) is 3.76. The van der Waals surface area contributed by atoms with Crippen LogP contribution in [-0.4, -0.2) is 19.3 Å². The summed E-state index contributed by atoms with van der Waals surface area (Å²) in [7, 11) is 3.28. The van der Waals surface area contributed by atoms with Crippen LogP contribution in [0.5, 0.6) is 17.2 Å². The number of hydrogen-bond acceptors (Lipinski definition) is 4. The summed E-state index contributed by atoms with van der Waals surface area (Å²) >= 11 is 0. The highest BCUT2D eigenvalue weighted by Gasteiger charge is 2.13. The number of rotatable bonds is 6. The van der Waals surface area contributed by atoms with Crippen molar-refractivity contribution in [3.63, 3.8) is 0 Å². The maximum atomic E-state index is 9.51. The smallest absolute Gasteiger partial charge is 0.161 e. The predicted octanol–water partition coefficient (Wildman–Crippen LogP) is 3.57. The monoisotopic (exact) mass is 301 g/mol. The summed E-state index contributed by atoms with van der Waals surface area (Å²) in [6.07, 6.45) is 0. The number of methoxy groups -OCH3 is 2. The van der Waals surface area contributed by atoms with Crippen molar-refractivity contribution in [2.75, 3.05) is 14.2 Å². The summed E-state index contributed by atoms with van der Waals surface area (Å²) < 4.78 is 10.7. The summed E-state index contributed by atoms with van der Waals surface area (Å²) in [5.74, 6) is 1.76. The van der Waals surface area contributed by atoms with Crippen LogP contribution in [0.2, 0.25) is 0 Å². The van der Waals surface area contributed by atoms with Crippen LogP contribution < -0.4 is 14.8 Å². The van der Waals surface area contributed by atoms with E-state index in [9.17, 15) is 5.11 Å². The van der Waals surface area contributed by atoms with Gasteiger partial charge < -0.3 is 19.9 Å². The highest BCUT2D eigenvalue weighted by Crippen LogP contribution is 2.32.